The molecule has 0 unspecified atom stereocenters. The summed E-state index contributed by atoms with van der Waals surface area (Å²) in [6.07, 6.45) is 0. The number of carbonyl (C=O) groups excluding carboxylic acids is 1. The van der Waals surface area contributed by atoms with E-state index in [4.69, 9.17) is 5.73 Å². The van der Waals surface area contributed by atoms with E-state index < -0.39 is 23.2 Å². The van der Waals surface area contributed by atoms with Crippen molar-refractivity contribution in [2.75, 3.05) is 17.2 Å². The molecule has 0 spiro atoms. The number of nitrogens with zero attached hydrogens (tertiary/aromatic N) is 1. The highest BCUT2D eigenvalue weighted by Gasteiger charge is 2.19. The number of nitrogen functional groups attached to an aromatic ring is 1. The van der Waals surface area contributed by atoms with Gasteiger partial charge >= 0.3 is 0 Å². The van der Waals surface area contributed by atoms with Crippen molar-refractivity contribution in [2.24, 2.45) is 0 Å². The second-order valence-electron chi connectivity index (χ2n) is 4.74. The van der Waals surface area contributed by atoms with Crippen LogP contribution in [-0.2, 0) is 0 Å². The van der Waals surface area contributed by atoms with Crippen LogP contribution in [0.3, 0.4) is 0 Å². The van der Waals surface area contributed by atoms with Crippen LogP contribution in [0.2, 0.25) is 0 Å². The minimum Gasteiger partial charge on any atom is -0.394 e. The van der Waals surface area contributed by atoms with Crippen LogP contribution >= 0.6 is 0 Å². The largest absolute Gasteiger partial charge is 0.394 e. The predicted molar refractivity (Wildman–Crippen MR) is 79.3 cm³/mol. The second-order valence-corrected chi connectivity index (χ2v) is 4.74. The van der Waals surface area contributed by atoms with Gasteiger partial charge in [0.1, 0.15) is 17.3 Å². The van der Waals surface area contributed by atoms with Crippen LogP contribution < -0.4 is 10.6 Å². The fourth-order valence-corrected chi connectivity index (χ4v) is 2.10. The van der Waals surface area contributed by atoms with Crippen LogP contribution in [0, 0.1) is 18.6 Å². The lowest BCUT2D eigenvalue weighted by Gasteiger charge is -2.21. The Kier molecular flexibility index (Phi) is 4.21. The molecule has 21 heavy (non-hydrogen) atoms. The summed E-state index contributed by atoms with van der Waals surface area (Å²) in [7, 11) is 0. The van der Waals surface area contributed by atoms with Crippen LogP contribution in [0.5, 0.6) is 0 Å². The third-order valence-corrected chi connectivity index (χ3v) is 3.20. The first-order chi connectivity index (χ1) is 9.93. The maximum Gasteiger partial charge on any atom is 0.258 e. The highest BCUT2D eigenvalue weighted by Crippen LogP contribution is 2.22. The maximum atomic E-state index is 13.5. The number of rotatable bonds is 3. The van der Waals surface area contributed by atoms with Crippen LogP contribution in [0.15, 0.2) is 36.4 Å². The highest BCUT2D eigenvalue weighted by molar-refractivity contribution is 6.06. The summed E-state index contributed by atoms with van der Waals surface area (Å²) in [5, 5.41) is 0. The molecule has 0 aliphatic heterocycles. The molecular formula is C16H16F2N2O. The smallest absolute Gasteiger partial charge is 0.258 e. The van der Waals surface area contributed by atoms with Crippen LogP contribution in [0.1, 0.15) is 22.8 Å². The molecule has 5 heteroatoms. The molecule has 2 N–H and O–H groups in total. The van der Waals surface area contributed by atoms with E-state index in [-0.39, 0.29) is 5.56 Å². The van der Waals surface area contributed by atoms with E-state index in [2.05, 4.69) is 0 Å². The fraction of sp³-hybridized carbons (Fsp3) is 0.188. The molecule has 2 rings (SSSR count). The Hall–Kier alpha value is -2.43. The third kappa shape index (κ3) is 3.02. The van der Waals surface area contributed by atoms with E-state index in [0.717, 1.165) is 17.7 Å². The van der Waals surface area contributed by atoms with Crippen molar-refractivity contribution >= 4 is 17.3 Å². The quantitative estimate of drug-likeness (QED) is 0.879. The van der Waals surface area contributed by atoms with E-state index in [1.165, 1.54) is 4.90 Å². The van der Waals surface area contributed by atoms with Crippen molar-refractivity contribution in [1.29, 1.82) is 0 Å². The zero-order chi connectivity index (χ0) is 15.6. The second kappa shape index (κ2) is 5.91. The van der Waals surface area contributed by atoms with Crippen LogP contribution in [0.4, 0.5) is 20.2 Å². The first-order valence-corrected chi connectivity index (χ1v) is 6.57. The average Bonchev–Trinajstić information content (AvgIpc) is 2.45. The van der Waals surface area contributed by atoms with Crippen molar-refractivity contribution in [3.05, 3.63) is 59.2 Å². The minimum absolute atomic E-state index is 0.0671. The standard InChI is InChI=1S/C16H16F2N2O/c1-3-20(12-6-4-5-10(2)7-12)16(21)11-8-13(17)15(19)14(18)9-11/h4-9H,3,19H2,1-2H3. The molecule has 3 nitrogen and oxygen atoms in total. The number of carbonyl (C=O) groups is 1. The molecule has 0 aliphatic rings. The maximum absolute atomic E-state index is 13.5. The Morgan fingerprint density at radius 1 is 1.19 bits per heavy atom. The summed E-state index contributed by atoms with van der Waals surface area (Å²) >= 11 is 0. The molecule has 0 aromatic heterocycles. The Labute approximate surface area is 122 Å². The minimum atomic E-state index is -0.932. The number of benzene rings is 2. The third-order valence-electron chi connectivity index (χ3n) is 3.20. The molecule has 2 aromatic carbocycles. The molecular weight excluding hydrogens is 274 g/mol. The lowest BCUT2D eigenvalue weighted by molar-refractivity contribution is 0.0987. The van der Waals surface area contributed by atoms with Crippen LogP contribution in [0.25, 0.3) is 0 Å². The summed E-state index contributed by atoms with van der Waals surface area (Å²) < 4.78 is 27.0. The van der Waals surface area contributed by atoms with E-state index in [0.29, 0.717) is 12.2 Å². The number of hydrogen-bond acceptors (Lipinski definition) is 2. The van der Waals surface area contributed by atoms with Crippen molar-refractivity contribution in [3.8, 4) is 0 Å². The topological polar surface area (TPSA) is 46.3 Å². The first-order valence-electron chi connectivity index (χ1n) is 6.57. The number of aryl methyl sites for hydroxylation is 1. The van der Waals surface area contributed by atoms with Gasteiger partial charge in [-0.1, -0.05) is 12.1 Å². The molecule has 0 saturated carbocycles. The lowest BCUT2D eigenvalue weighted by atomic mass is 10.1. The molecule has 0 fully saturated rings. The molecule has 0 bridgehead atoms. The van der Waals surface area contributed by atoms with E-state index in [1.807, 2.05) is 25.1 Å². The number of halogens is 2. The zero-order valence-corrected chi connectivity index (χ0v) is 11.9. The fourth-order valence-electron chi connectivity index (χ4n) is 2.10. The molecule has 0 aliphatic carbocycles. The van der Waals surface area contributed by atoms with E-state index in [9.17, 15) is 13.6 Å². The average molecular weight is 290 g/mol. The van der Waals surface area contributed by atoms with Crippen LogP contribution in [-0.4, -0.2) is 12.5 Å². The van der Waals surface area contributed by atoms with E-state index in [1.54, 1.807) is 13.0 Å². The Balaban J connectivity index is 2.41. The number of hydrogen-bond donors (Lipinski definition) is 1. The van der Waals surface area contributed by atoms with Crippen molar-refractivity contribution in [3.63, 3.8) is 0 Å². The SMILES string of the molecule is CCN(C(=O)c1cc(F)c(N)c(F)c1)c1cccc(C)c1. The van der Waals surface area contributed by atoms with Gasteiger partial charge in [0.05, 0.1) is 0 Å². The molecule has 1 amide bonds. The summed E-state index contributed by atoms with van der Waals surface area (Å²) in [6, 6.07) is 9.26. The summed E-state index contributed by atoms with van der Waals surface area (Å²) in [5.74, 6) is -2.34. The molecule has 0 saturated heterocycles. The van der Waals surface area contributed by atoms with Gasteiger partial charge in [-0.2, -0.15) is 0 Å². The van der Waals surface area contributed by atoms with Crippen molar-refractivity contribution < 1.29 is 13.6 Å². The van der Waals surface area contributed by atoms with Gasteiger partial charge in [0.15, 0.2) is 0 Å². The predicted octanol–water partition coefficient (Wildman–Crippen LogP) is 3.52. The highest BCUT2D eigenvalue weighted by atomic mass is 19.1. The van der Waals surface area contributed by atoms with Gasteiger partial charge in [-0.25, -0.2) is 8.78 Å². The normalized spacial score (nSPS) is 10.5. The summed E-state index contributed by atoms with van der Waals surface area (Å²) in [4.78, 5) is 13.9. The Bertz CT molecular complexity index is 663. The zero-order valence-electron chi connectivity index (χ0n) is 11.9. The van der Waals surface area contributed by atoms with E-state index >= 15 is 0 Å². The molecule has 0 heterocycles. The number of nitrogens with two attached hydrogens (primary N) is 1. The van der Waals surface area contributed by atoms with Gasteiger partial charge in [0, 0.05) is 17.8 Å². The van der Waals surface area contributed by atoms with Gasteiger partial charge in [-0.05, 0) is 43.7 Å². The number of amides is 1. The van der Waals surface area contributed by atoms with Crippen molar-refractivity contribution in [2.45, 2.75) is 13.8 Å². The van der Waals surface area contributed by atoms with Gasteiger partial charge < -0.3 is 10.6 Å². The Morgan fingerprint density at radius 2 is 1.81 bits per heavy atom. The summed E-state index contributed by atoms with van der Waals surface area (Å²) in [6.45, 7) is 4.09. The monoisotopic (exact) mass is 290 g/mol. The molecule has 0 atom stereocenters. The van der Waals surface area contributed by atoms with Crippen molar-refractivity contribution in [1.82, 2.24) is 0 Å². The number of anilines is 2. The molecule has 0 radical (unpaired) electrons. The Morgan fingerprint density at radius 3 is 2.33 bits per heavy atom. The lowest BCUT2D eigenvalue weighted by Crippen LogP contribution is -2.30. The molecule has 2 aromatic rings. The van der Waals surface area contributed by atoms with Gasteiger partial charge in [0.25, 0.3) is 5.91 Å². The first kappa shape index (κ1) is 15.0. The van der Waals surface area contributed by atoms with Gasteiger partial charge in [0.2, 0.25) is 0 Å². The van der Waals surface area contributed by atoms with Gasteiger partial charge in [-0.15, -0.1) is 0 Å². The van der Waals surface area contributed by atoms with Gasteiger partial charge in [-0.3, -0.25) is 4.79 Å². The molecule has 110 valence electrons. The summed E-state index contributed by atoms with van der Waals surface area (Å²) in [5.41, 5.74) is 6.24.